The van der Waals surface area contributed by atoms with Gasteiger partial charge in [0.2, 0.25) is 0 Å². The number of rotatable bonds is 5. The second kappa shape index (κ2) is 9.11. The van der Waals surface area contributed by atoms with Crippen LogP contribution in [0.4, 0.5) is 4.39 Å². The van der Waals surface area contributed by atoms with Gasteiger partial charge in [0.15, 0.2) is 0 Å². The van der Waals surface area contributed by atoms with Crippen molar-refractivity contribution in [3.05, 3.63) is 46.8 Å². The standard InChI is InChI=1S/C26H37FO/c1-3-5-14-28-23-11-9-19-16-22(8-7-20(19)17-23)25-13-10-21-15-18(4-2)6-12-24(21)26(25)27/h3,5,10,13,18-20,22-23H,4,6-9,11-12,14-17H2,1-2H3/b5-3+. The number of benzene rings is 1. The Morgan fingerprint density at radius 3 is 2.71 bits per heavy atom. The highest BCUT2D eigenvalue weighted by Crippen LogP contribution is 2.47. The molecular formula is C26H37FO. The van der Waals surface area contributed by atoms with E-state index in [1.807, 2.05) is 6.92 Å². The molecule has 1 aromatic carbocycles. The lowest BCUT2D eigenvalue weighted by Crippen LogP contribution is -2.34. The van der Waals surface area contributed by atoms with Crippen molar-refractivity contribution >= 4 is 0 Å². The number of halogens is 1. The van der Waals surface area contributed by atoms with Crippen LogP contribution >= 0.6 is 0 Å². The smallest absolute Gasteiger partial charge is 0.130 e. The second-order valence-electron chi connectivity index (χ2n) is 9.49. The highest BCUT2D eigenvalue weighted by molar-refractivity contribution is 5.38. The molecule has 1 aromatic rings. The van der Waals surface area contributed by atoms with E-state index in [1.54, 1.807) is 0 Å². The molecule has 0 aliphatic heterocycles. The lowest BCUT2D eigenvalue weighted by atomic mass is 9.65. The van der Waals surface area contributed by atoms with E-state index in [4.69, 9.17) is 4.74 Å². The number of hydrogen-bond acceptors (Lipinski definition) is 1. The highest BCUT2D eigenvalue weighted by atomic mass is 19.1. The Morgan fingerprint density at radius 2 is 1.89 bits per heavy atom. The largest absolute Gasteiger partial charge is 0.374 e. The molecule has 0 saturated heterocycles. The van der Waals surface area contributed by atoms with Crippen LogP contribution in [-0.2, 0) is 17.6 Å². The maximum atomic E-state index is 15.4. The molecule has 0 radical (unpaired) electrons. The van der Waals surface area contributed by atoms with E-state index in [1.165, 1.54) is 44.1 Å². The fraction of sp³-hybridized carbons (Fsp3) is 0.692. The number of hydrogen-bond donors (Lipinski definition) is 0. The maximum Gasteiger partial charge on any atom is 0.130 e. The van der Waals surface area contributed by atoms with E-state index < -0.39 is 0 Å². The van der Waals surface area contributed by atoms with Crippen molar-refractivity contribution in [1.29, 1.82) is 0 Å². The molecule has 2 saturated carbocycles. The van der Waals surface area contributed by atoms with Gasteiger partial charge in [-0.1, -0.05) is 37.6 Å². The normalized spacial score (nSPS) is 32.9. The first-order valence-corrected chi connectivity index (χ1v) is 11.7. The minimum absolute atomic E-state index is 0.152. The molecule has 0 amide bonds. The van der Waals surface area contributed by atoms with Gasteiger partial charge < -0.3 is 4.74 Å². The van der Waals surface area contributed by atoms with Gasteiger partial charge in [-0.15, -0.1) is 0 Å². The van der Waals surface area contributed by atoms with Crippen molar-refractivity contribution in [1.82, 2.24) is 0 Å². The van der Waals surface area contributed by atoms with E-state index in [-0.39, 0.29) is 5.82 Å². The van der Waals surface area contributed by atoms with Crippen LogP contribution in [0.3, 0.4) is 0 Å². The van der Waals surface area contributed by atoms with Crippen LogP contribution in [-0.4, -0.2) is 12.7 Å². The summed E-state index contributed by atoms with van der Waals surface area (Å²) in [7, 11) is 0. The van der Waals surface area contributed by atoms with Gasteiger partial charge in [-0.25, -0.2) is 4.39 Å². The van der Waals surface area contributed by atoms with Crippen LogP contribution in [0.5, 0.6) is 0 Å². The molecule has 1 nitrogen and oxygen atoms in total. The first kappa shape index (κ1) is 20.1. The first-order valence-electron chi connectivity index (χ1n) is 11.7. The van der Waals surface area contributed by atoms with Crippen molar-refractivity contribution in [2.45, 2.75) is 90.1 Å². The predicted octanol–water partition coefficient (Wildman–Crippen LogP) is 6.99. The van der Waals surface area contributed by atoms with Gasteiger partial charge >= 0.3 is 0 Å². The zero-order valence-electron chi connectivity index (χ0n) is 17.8. The Balaban J connectivity index is 1.40. The molecule has 0 heterocycles. The summed E-state index contributed by atoms with van der Waals surface area (Å²) in [6.07, 6.45) is 16.2. The summed E-state index contributed by atoms with van der Waals surface area (Å²) in [5.74, 6) is 2.88. The molecule has 0 bridgehead atoms. The topological polar surface area (TPSA) is 9.23 Å². The second-order valence-corrected chi connectivity index (χ2v) is 9.49. The molecule has 0 aromatic heterocycles. The fourth-order valence-corrected chi connectivity index (χ4v) is 6.13. The average molecular weight is 385 g/mol. The average Bonchev–Trinajstić information content (AvgIpc) is 2.73. The Bertz CT molecular complexity index is 694. The molecule has 3 aliphatic rings. The van der Waals surface area contributed by atoms with Crippen LogP contribution in [0.25, 0.3) is 0 Å². The Labute approximate surface area is 170 Å². The van der Waals surface area contributed by atoms with Gasteiger partial charge in [0.25, 0.3) is 0 Å². The highest BCUT2D eigenvalue weighted by Gasteiger charge is 2.37. The SMILES string of the molecule is C/C=C/COC1CCC2CC(c3ccc4c(c3F)CCC(CC)C4)CCC2C1. The fourth-order valence-electron chi connectivity index (χ4n) is 6.13. The first-order chi connectivity index (χ1) is 13.7. The molecule has 5 unspecified atom stereocenters. The molecule has 5 atom stereocenters. The van der Waals surface area contributed by atoms with Crippen LogP contribution in [0.15, 0.2) is 24.3 Å². The third-order valence-electron chi connectivity index (χ3n) is 7.93. The minimum Gasteiger partial charge on any atom is -0.374 e. The van der Waals surface area contributed by atoms with E-state index in [0.29, 0.717) is 12.0 Å². The quantitative estimate of drug-likeness (QED) is 0.497. The summed E-state index contributed by atoms with van der Waals surface area (Å²) < 4.78 is 21.4. The third-order valence-corrected chi connectivity index (χ3v) is 7.93. The maximum absolute atomic E-state index is 15.4. The lowest BCUT2D eigenvalue weighted by molar-refractivity contribution is -0.00335. The van der Waals surface area contributed by atoms with E-state index >= 15 is 4.39 Å². The summed E-state index contributed by atoms with van der Waals surface area (Å²) in [5, 5.41) is 0. The van der Waals surface area contributed by atoms with Crippen LogP contribution < -0.4 is 0 Å². The molecule has 0 N–H and O–H groups in total. The summed E-state index contributed by atoms with van der Waals surface area (Å²) in [6.45, 7) is 5.06. The van der Waals surface area contributed by atoms with Crippen molar-refractivity contribution in [3.8, 4) is 0 Å². The van der Waals surface area contributed by atoms with E-state index in [9.17, 15) is 0 Å². The number of allylic oxidation sites excluding steroid dienone is 1. The number of fused-ring (bicyclic) bond motifs is 2. The third kappa shape index (κ3) is 4.22. The van der Waals surface area contributed by atoms with Crippen molar-refractivity contribution < 1.29 is 9.13 Å². The van der Waals surface area contributed by atoms with E-state index in [2.05, 4.69) is 31.2 Å². The molecule has 3 aliphatic carbocycles. The number of ether oxygens (including phenoxy) is 1. The Hall–Kier alpha value is -1.15. The molecule has 4 rings (SSSR count). The Morgan fingerprint density at radius 1 is 1.07 bits per heavy atom. The van der Waals surface area contributed by atoms with Crippen LogP contribution in [0, 0.1) is 23.6 Å². The summed E-state index contributed by atoms with van der Waals surface area (Å²) in [4.78, 5) is 0. The summed E-state index contributed by atoms with van der Waals surface area (Å²) in [5.41, 5.74) is 3.36. The zero-order chi connectivity index (χ0) is 19.5. The minimum atomic E-state index is 0.152. The molecular weight excluding hydrogens is 347 g/mol. The Kier molecular flexibility index (Phi) is 6.55. The monoisotopic (exact) mass is 384 g/mol. The van der Waals surface area contributed by atoms with Gasteiger partial charge in [-0.3, -0.25) is 0 Å². The van der Waals surface area contributed by atoms with Gasteiger partial charge in [-0.2, -0.15) is 0 Å². The molecule has 2 fully saturated rings. The van der Waals surface area contributed by atoms with Crippen molar-refractivity contribution in [2.24, 2.45) is 17.8 Å². The molecule has 2 heteroatoms. The molecule has 154 valence electrons. The van der Waals surface area contributed by atoms with Gasteiger partial charge in [-0.05, 0) is 105 Å². The van der Waals surface area contributed by atoms with E-state index in [0.717, 1.165) is 61.2 Å². The van der Waals surface area contributed by atoms with Crippen LogP contribution in [0.2, 0.25) is 0 Å². The predicted molar refractivity (Wildman–Crippen MR) is 114 cm³/mol. The lowest BCUT2D eigenvalue weighted by Gasteiger charge is -2.42. The van der Waals surface area contributed by atoms with Crippen LogP contribution in [0.1, 0.15) is 87.8 Å². The molecule has 0 spiro atoms. The summed E-state index contributed by atoms with van der Waals surface area (Å²) in [6, 6.07) is 4.40. The van der Waals surface area contributed by atoms with Gasteiger partial charge in [0.1, 0.15) is 5.82 Å². The van der Waals surface area contributed by atoms with Crippen molar-refractivity contribution in [3.63, 3.8) is 0 Å². The van der Waals surface area contributed by atoms with Crippen molar-refractivity contribution in [2.75, 3.05) is 6.61 Å². The molecule has 28 heavy (non-hydrogen) atoms. The van der Waals surface area contributed by atoms with Gasteiger partial charge in [0, 0.05) is 0 Å². The summed E-state index contributed by atoms with van der Waals surface area (Å²) >= 11 is 0. The zero-order valence-corrected chi connectivity index (χ0v) is 17.8. The van der Waals surface area contributed by atoms with Gasteiger partial charge in [0.05, 0.1) is 12.7 Å².